The minimum Gasteiger partial charge on any atom is -0.383 e. The van der Waals surface area contributed by atoms with Crippen LogP contribution in [0, 0.1) is 5.92 Å². The van der Waals surface area contributed by atoms with E-state index in [0.717, 1.165) is 12.8 Å². The van der Waals surface area contributed by atoms with Crippen molar-refractivity contribution in [2.24, 2.45) is 11.7 Å². The summed E-state index contributed by atoms with van der Waals surface area (Å²) in [6.07, 6.45) is 3.72. The first-order valence-electron chi connectivity index (χ1n) is 7.17. The summed E-state index contributed by atoms with van der Waals surface area (Å²) in [5.74, 6) is 0.439. The second-order valence-electron chi connectivity index (χ2n) is 5.34. The van der Waals surface area contributed by atoms with Crippen LogP contribution in [-0.4, -0.2) is 44.0 Å². The number of hydrogen-bond donors (Lipinski definition) is 1. The van der Waals surface area contributed by atoms with Gasteiger partial charge in [-0.15, -0.1) is 0 Å². The van der Waals surface area contributed by atoms with Gasteiger partial charge < -0.3 is 10.5 Å². The summed E-state index contributed by atoms with van der Waals surface area (Å²) in [6.45, 7) is 2.78. The maximum atomic E-state index is 13.0. The lowest BCUT2D eigenvalue weighted by Gasteiger charge is -2.28. The molecule has 1 fully saturated rings. The van der Waals surface area contributed by atoms with E-state index in [4.69, 9.17) is 10.5 Å². The molecule has 118 valence electrons. The maximum absolute atomic E-state index is 13.0. The largest absolute Gasteiger partial charge is 0.383 e. The molecule has 1 aromatic rings. The molecule has 0 aromatic carbocycles. The number of hydrogen-bond acceptors (Lipinski definition) is 5. The highest BCUT2D eigenvalue weighted by molar-refractivity contribution is 7.89. The van der Waals surface area contributed by atoms with Crippen molar-refractivity contribution >= 4 is 10.0 Å². The molecule has 1 unspecified atom stereocenters. The lowest BCUT2D eigenvalue weighted by molar-refractivity contribution is 0.164. The minimum absolute atomic E-state index is 0.0315. The zero-order valence-corrected chi connectivity index (χ0v) is 13.3. The third-order valence-corrected chi connectivity index (χ3v) is 5.96. The van der Waals surface area contributed by atoms with E-state index >= 15 is 0 Å². The SMILES string of the molecule is COCCN(C(C)C1CC1)S(=O)(=O)c1cccnc1CN. The van der Waals surface area contributed by atoms with E-state index in [1.165, 1.54) is 4.31 Å². The Labute approximate surface area is 126 Å². The molecule has 0 aliphatic heterocycles. The third-order valence-electron chi connectivity index (χ3n) is 3.90. The molecular formula is C14H23N3O3S. The van der Waals surface area contributed by atoms with Gasteiger partial charge in [-0.3, -0.25) is 4.98 Å². The topological polar surface area (TPSA) is 85.5 Å². The number of rotatable bonds is 8. The molecule has 0 spiro atoms. The number of nitrogens with zero attached hydrogens (tertiary/aromatic N) is 2. The van der Waals surface area contributed by atoms with Crippen LogP contribution in [0.1, 0.15) is 25.5 Å². The molecule has 0 bridgehead atoms. The van der Waals surface area contributed by atoms with Crippen LogP contribution in [0.2, 0.25) is 0 Å². The molecule has 2 N–H and O–H groups in total. The predicted molar refractivity (Wildman–Crippen MR) is 80.1 cm³/mol. The van der Waals surface area contributed by atoms with E-state index < -0.39 is 10.0 Å². The molecule has 7 heteroatoms. The highest BCUT2D eigenvalue weighted by atomic mass is 32.2. The summed E-state index contributed by atoms with van der Waals surface area (Å²) in [7, 11) is -2.04. The lowest BCUT2D eigenvalue weighted by Crippen LogP contribution is -2.42. The zero-order chi connectivity index (χ0) is 15.5. The van der Waals surface area contributed by atoms with E-state index in [1.54, 1.807) is 25.4 Å². The Morgan fingerprint density at radius 2 is 2.24 bits per heavy atom. The van der Waals surface area contributed by atoms with Gasteiger partial charge in [-0.2, -0.15) is 4.31 Å². The lowest BCUT2D eigenvalue weighted by atomic mass is 10.2. The summed E-state index contributed by atoms with van der Waals surface area (Å²) in [6, 6.07) is 3.17. The standard InChI is InChI=1S/C14H23N3O3S/c1-11(12-5-6-12)17(8-9-20-2)21(18,19)14-4-3-7-16-13(14)10-15/h3-4,7,11-12H,5-6,8-10,15H2,1-2H3. The molecule has 1 heterocycles. The second-order valence-corrected chi connectivity index (χ2v) is 7.20. The summed E-state index contributed by atoms with van der Waals surface area (Å²) in [4.78, 5) is 4.29. The van der Waals surface area contributed by atoms with Crippen LogP contribution in [0.4, 0.5) is 0 Å². The van der Waals surface area contributed by atoms with Crippen LogP contribution in [0.25, 0.3) is 0 Å². The fourth-order valence-corrected chi connectivity index (χ4v) is 4.34. The minimum atomic E-state index is -3.61. The van der Waals surface area contributed by atoms with Gasteiger partial charge in [0.25, 0.3) is 0 Å². The molecule has 1 aliphatic rings. The maximum Gasteiger partial charge on any atom is 0.245 e. The molecule has 0 saturated heterocycles. The predicted octanol–water partition coefficient (Wildman–Crippen LogP) is 0.976. The Morgan fingerprint density at radius 1 is 1.52 bits per heavy atom. The molecular weight excluding hydrogens is 290 g/mol. The summed E-state index contributed by atoms with van der Waals surface area (Å²) < 4.78 is 32.5. The van der Waals surface area contributed by atoms with Gasteiger partial charge in [0.2, 0.25) is 10.0 Å². The summed E-state index contributed by atoms with van der Waals surface area (Å²) >= 11 is 0. The van der Waals surface area contributed by atoms with E-state index in [2.05, 4.69) is 4.98 Å². The Bertz CT molecular complexity index is 573. The van der Waals surface area contributed by atoms with E-state index in [1.807, 2.05) is 6.92 Å². The molecule has 21 heavy (non-hydrogen) atoms. The molecule has 0 amide bonds. The van der Waals surface area contributed by atoms with Crippen LogP contribution in [0.3, 0.4) is 0 Å². The highest BCUT2D eigenvalue weighted by Crippen LogP contribution is 2.37. The van der Waals surface area contributed by atoms with Crippen molar-refractivity contribution in [3.05, 3.63) is 24.0 Å². The van der Waals surface area contributed by atoms with Gasteiger partial charge in [0.15, 0.2) is 0 Å². The van der Waals surface area contributed by atoms with Gasteiger partial charge in [0, 0.05) is 32.4 Å². The first-order valence-corrected chi connectivity index (χ1v) is 8.61. The van der Waals surface area contributed by atoms with E-state index in [-0.39, 0.29) is 17.5 Å². The summed E-state index contributed by atoms with van der Waals surface area (Å²) in [5, 5.41) is 0. The summed E-state index contributed by atoms with van der Waals surface area (Å²) in [5.41, 5.74) is 6.03. The molecule has 1 saturated carbocycles. The Kier molecular flexibility index (Phi) is 5.32. The van der Waals surface area contributed by atoms with Gasteiger partial charge in [0.1, 0.15) is 4.90 Å². The van der Waals surface area contributed by atoms with Crippen molar-refractivity contribution in [1.29, 1.82) is 0 Å². The van der Waals surface area contributed by atoms with Gasteiger partial charge in [0.05, 0.1) is 12.3 Å². The van der Waals surface area contributed by atoms with Crippen LogP contribution < -0.4 is 5.73 Å². The van der Waals surface area contributed by atoms with Crippen LogP contribution in [0.5, 0.6) is 0 Å². The average Bonchev–Trinajstić information content (AvgIpc) is 3.31. The van der Waals surface area contributed by atoms with Crippen molar-refractivity contribution in [2.45, 2.75) is 37.2 Å². The van der Waals surface area contributed by atoms with Crippen molar-refractivity contribution in [3.63, 3.8) is 0 Å². The van der Waals surface area contributed by atoms with Crippen LogP contribution in [-0.2, 0) is 21.3 Å². The fraction of sp³-hybridized carbons (Fsp3) is 0.643. The smallest absolute Gasteiger partial charge is 0.245 e. The number of nitrogens with two attached hydrogens (primary N) is 1. The number of pyridine rings is 1. The van der Waals surface area contributed by atoms with Gasteiger partial charge in [-0.25, -0.2) is 8.42 Å². The number of ether oxygens (including phenoxy) is 1. The highest BCUT2D eigenvalue weighted by Gasteiger charge is 2.38. The van der Waals surface area contributed by atoms with E-state index in [9.17, 15) is 8.42 Å². The van der Waals surface area contributed by atoms with Crippen LogP contribution >= 0.6 is 0 Å². The monoisotopic (exact) mass is 313 g/mol. The quantitative estimate of drug-likeness (QED) is 0.773. The van der Waals surface area contributed by atoms with Gasteiger partial charge in [-0.1, -0.05) is 0 Å². The number of sulfonamides is 1. The van der Waals surface area contributed by atoms with Crippen molar-refractivity contribution < 1.29 is 13.2 Å². The molecule has 0 radical (unpaired) electrons. The Balaban J connectivity index is 2.35. The fourth-order valence-electron chi connectivity index (χ4n) is 2.48. The molecule has 1 atom stereocenters. The van der Waals surface area contributed by atoms with E-state index in [0.29, 0.717) is 24.8 Å². The normalized spacial score (nSPS) is 17.1. The Morgan fingerprint density at radius 3 is 2.81 bits per heavy atom. The molecule has 1 aromatic heterocycles. The number of methoxy groups -OCH3 is 1. The number of aromatic nitrogens is 1. The molecule has 2 rings (SSSR count). The average molecular weight is 313 g/mol. The first kappa shape index (κ1) is 16.4. The third kappa shape index (κ3) is 3.60. The molecule has 6 nitrogen and oxygen atoms in total. The first-order chi connectivity index (χ1) is 10.0. The van der Waals surface area contributed by atoms with Crippen molar-refractivity contribution in [3.8, 4) is 0 Å². The zero-order valence-electron chi connectivity index (χ0n) is 12.5. The molecule has 1 aliphatic carbocycles. The van der Waals surface area contributed by atoms with Gasteiger partial charge >= 0.3 is 0 Å². The van der Waals surface area contributed by atoms with Gasteiger partial charge in [-0.05, 0) is 37.8 Å². The van der Waals surface area contributed by atoms with Crippen molar-refractivity contribution in [2.75, 3.05) is 20.3 Å². The Hall–Kier alpha value is -1.02. The van der Waals surface area contributed by atoms with Crippen LogP contribution in [0.15, 0.2) is 23.2 Å². The van der Waals surface area contributed by atoms with Crippen molar-refractivity contribution in [1.82, 2.24) is 9.29 Å². The second kappa shape index (κ2) is 6.83.